The lowest BCUT2D eigenvalue weighted by Crippen LogP contribution is -1.87. The van der Waals surface area contributed by atoms with Crippen LogP contribution in [0.25, 0.3) is 16.7 Å². The Balaban J connectivity index is 2.57. The van der Waals surface area contributed by atoms with Gasteiger partial charge in [0, 0.05) is 24.0 Å². The molecule has 0 aliphatic carbocycles. The minimum absolute atomic E-state index is 0.749. The molecule has 0 aliphatic rings. The van der Waals surface area contributed by atoms with Gasteiger partial charge in [-0.05, 0) is 6.07 Å². The van der Waals surface area contributed by atoms with Gasteiger partial charge in [-0.25, -0.2) is 9.97 Å². The second-order valence-corrected chi connectivity index (χ2v) is 2.93. The lowest BCUT2D eigenvalue weighted by Gasteiger charge is -1.97. The third-order valence-corrected chi connectivity index (χ3v) is 2.08. The van der Waals surface area contributed by atoms with Crippen molar-refractivity contribution in [1.82, 2.24) is 14.4 Å². The molecule has 0 spiro atoms. The Bertz CT molecular complexity index is 519. The topological polar surface area (TPSA) is 30.2 Å². The number of aromatic nitrogens is 3. The Kier molecular flexibility index (Phi) is 1.16. The fourth-order valence-electron chi connectivity index (χ4n) is 1.45. The minimum Gasteiger partial charge on any atom is -0.291 e. The number of fused-ring (bicyclic) bond motifs is 2. The van der Waals surface area contributed by atoms with Crippen molar-refractivity contribution in [2.24, 2.45) is 0 Å². The Labute approximate surface area is 74.7 Å². The SMILES string of the molecule is c1ccc2nc3nccn3cc2c1. The molecule has 0 N–H and O–H groups in total. The number of hydrogen-bond donors (Lipinski definition) is 0. The van der Waals surface area contributed by atoms with Crippen LogP contribution in [0.15, 0.2) is 42.9 Å². The van der Waals surface area contributed by atoms with Crippen molar-refractivity contribution in [1.29, 1.82) is 0 Å². The van der Waals surface area contributed by atoms with Crippen molar-refractivity contribution in [3.05, 3.63) is 42.9 Å². The molecule has 3 aromatic rings. The van der Waals surface area contributed by atoms with Gasteiger partial charge in [0.25, 0.3) is 0 Å². The van der Waals surface area contributed by atoms with E-state index in [-0.39, 0.29) is 0 Å². The predicted molar refractivity (Wildman–Crippen MR) is 50.5 cm³/mol. The molecule has 1 aromatic carbocycles. The van der Waals surface area contributed by atoms with E-state index in [0.29, 0.717) is 0 Å². The maximum absolute atomic E-state index is 4.39. The maximum atomic E-state index is 4.39. The first-order chi connectivity index (χ1) is 6.43. The van der Waals surface area contributed by atoms with Crippen LogP contribution in [-0.4, -0.2) is 14.4 Å². The maximum Gasteiger partial charge on any atom is 0.234 e. The van der Waals surface area contributed by atoms with Crippen LogP contribution in [0, 0.1) is 0 Å². The average Bonchev–Trinajstić information content (AvgIpc) is 2.61. The van der Waals surface area contributed by atoms with E-state index >= 15 is 0 Å². The summed E-state index contributed by atoms with van der Waals surface area (Å²) in [5.74, 6) is 0.749. The minimum atomic E-state index is 0.749. The summed E-state index contributed by atoms with van der Waals surface area (Å²) in [6.07, 6.45) is 5.68. The van der Waals surface area contributed by atoms with Crippen molar-refractivity contribution in [2.45, 2.75) is 0 Å². The van der Waals surface area contributed by atoms with Gasteiger partial charge in [-0.3, -0.25) is 4.40 Å². The molecule has 3 rings (SSSR count). The molecule has 0 radical (unpaired) electrons. The quantitative estimate of drug-likeness (QED) is 0.514. The molecule has 2 heterocycles. The smallest absolute Gasteiger partial charge is 0.234 e. The van der Waals surface area contributed by atoms with E-state index in [1.807, 2.05) is 41.1 Å². The first-order valence-corrected chi connectivity index (χ1v) is 4.12. The first kappa shape index (κ1) is 6.60. The van der Waals surface area contributed by atoms with E-state index in [9.17, 15) is 0 Å². The summed E-state index contributed by atoms with van der Waals surface area (Å²) < 4.78 is 1.92. The van der Waals surface area contributed by atoms with Gasteiger partial charge in [0.1, 0.15) is 0 Å². The third kappa shape index (κ3) is 0.902. The molecule has 0 amide bonds. The average molecular weight is 169 g/mol. The number of imidazole rings is 1. The monoisotopic (exact) mass is 169 g/mol. The first-order valence-electron chi connectivity index (χ1n) is 4.12. The molecule has 13 heavy (non-hydrogen) atoms. The van der Waals surface area contributed by atoms with Crippen molar-refractivity contribution in [3.63, 3.8) is 0 Å². The molecule has 0 unspecified atom stereocenters. The van der Waals surface area contributed by atoms with Crippen LogP contribution in [-0.2, 0) is 0 Å². The van der Waals surface area contributed by atoms with Gasteiger partial charge in [0.2, 0.25) is 5.78 Å². The van der Waals surface area contributed by atoms with Crippen LogP contribution in [0.4, 0.5) is 0 Å². The zero-order chi connectivity index (χ0) is 8.67. The Morgan fingerprint density at radius 2 is 2.08 bits per heavy atom. The number of para-hydroxylation sites is 1. The van der Waals surface area contributed by atoms with Crippen molar-refractivity contribution in [3.8, 4) is 0 Å². The van der Waals surface area contributed by atoms with E-state index in [1.54, 1.807) is 6.20 Å². The van der Waals surface area contributed by atoms with Gasteiger partial charge >= 0.3 is 0 Å². The second-order valence-electron chi connectivity index (χ2n) is 2.93. The van der Waals surface area contributed by atoms with Crippen LogP contribution >= 0.6 is 0 Å². The van der Waals surface area contributed by atoms with Crippen LogP contribution in [0.5, 0.6) is 0 Å². The number of benzene rings is 1. The Morgan fingerprint density at radius 1 is 1.15 bits per heavy atom. The highest BCUT2D eigenvalue weighted by Gasteiger charge is 1.97. The van der Waals surface area contributed by atoms with Crippen LogP contribution in [0.1, 0.15) is 0 Å². The van der Waals surface area contributed by atoms with E-state index < -0.39 is 0 Å². The molecule has 0 aliphatic heterocycles. The largest absolute Gasteiger partial charge is 0.291 e. The highest BCUT2D eigenvalue weighted by molar-refractivity contribution is 5.78. The lowest BCUT2D eigenvalue weighted by molar-refractivity contribution is 1.14. The Morgan fingerprint density at radius 3 is 3.08 bits per heavy atom. The molecule has 0 bridgehead atoms. The van der Waals surface area contributed by atoms with E-state index in [4.69, 9.17) is 0 Å². The summed E-state index contributed by atoms with van der Waals surface area (Å²) in [4.78, 5) is 8.51. The fourth-order valence-corrected chi connectivity index (χ4v) is 1.45. The third-order valence-electron chi connectivity index (χ3n) is 2.08. The molecular formula is C10H7N3. The molecule has 0 fully saturated rings. The molecule has 0 atom stereocenters. The summed E-state index contributed by atoms with van der Waals surface area (Å²) in [5.41, 5.74) is 0.987. The van der Waals surface area contributed by atoms with Crippen molar-refractivity contribution in [2.75, 3.05) is 0 Å². The number of nitrogens with zero attached hydrogens (tertiary/aromatic N) is 3. The molecule has 3 nitrogen and oxygen atoms in total. The second kappa shape index (κ2) is 2.29. The van der Waals surface area contributed by atoms with E-state index in [2.05, 4.69) is 9.97 Å². The van der Waals surface area contributed by atoms with Crippen molar-refractivity contribution >= 4 is 16.7 Å². The molecule has 2 aromatic heterocycles. The highest BCUT2D eigenvalue weighted by Crippen LogP contribution is 2.11. The molecule has 3 heteroatoms. The van der Waals surface area contributed by atoms with Gasteiger partial charge in [-0.1, -0.05) is 18.2 Å². The fraction of sp³-hybridized carbons (Fsp3) is 0. The van der Waals surface area contributed by atoms with Gasteiger partial charge in [0.05, 0.1) is 5.52 Å². The normalized spacial score (nSPS) is 11.1. The van der Waals surface area contributed by atoms with Gasteiger partial charge in [-0.15, -0.1) is 0 Å². The summed E-state index contributed by atoms with van der Waals surface area (Å²) in [6.45, 7) is 0. The van der Waals surface area contributed by atoms with E-state index in [1.165, 1.54) is 0 Å². The summed E-state index contributed by atoms with van der Waals surface area (Å²) in [5, 5.41) is 1.13. The highest BCUT2D eigenvalue weighted by atomic mass is 15.1. The van der Waals surface area contributed by atoms with Crippen LogP contribution in [0.3, 0.4) is 0 Å². The van der Waals surface area contributed by atoms with Gasteiger partial charge < -0.3 is 0 Å². The molecule has 0 saturated carbocycles. The van der Waals surface area contributed by atoms with E-state index in [0.717, 1.165) is 16.7 Å². The molecule has 62 valence electrons. The van der Waals surface area contributed by atoms with Crippen LogP contribution in [0.2, 0.25) is 0 Å². The zero-order valence-corrected chi connectivity index (χ0v) is 6.88. The standard InChI is InChI=1S/C10H7N3/c1-2-4-9-8(3-1)7-13-6-5-11-10(13)12-9/h1-7H. The van der Waals surface area contributed by atoms with Crippen LogP contribution < -0.4 is 0 Å². The predicted octanol–water partition coefficient (Wildman–Crippen LogP) is 1.88. The summed E-state index contributed by atoms with van der Waals surface area (Å²) >= 11 is 0. The molecular weight excluding hydrogens is 162 g/mol. The number of rotatable bonds is 0. The zero-order valence-electron chi connectivity index (χ0n) is 6.88. The number of hydrogen-bond acceptors (Lipinski definition) is 2. The summed E-state index contributed by atoms with van der Waals surface area (Å²) in [7, 11) is 0. The Hall–Kier alpha value is -1.90. The van der Waals surface area contributed by atoms with Crippen molar-refractivity contribution < 1.29 is 0 Å². The van der Waals surface area contributed by atoms with Gasteiger partial charge in [-0.2, -0.15) is 0 Å². The lowest BCUT2D eigenvalue weighted by atomic mass is 10.2. The summed E-state index contributed by atoms with van der Waals surface area (Å²) in [6, 6.07) is 8.02. The van der Waals surface area contributed by atoms with Gasteiger partial charge in [0.15, 0.2) is 0 Å². The molecule has 0 saturated heterocycles.